The molecular weight excluding hydrogens is 397 g/mol. The molecule has 1 aliphatic heterocycles. The van der Waals surface area contributed by atoms with Crippen molar-refractivity contribution in [1.29, 1.82) is 0 Å². The molecule has 0 amide bonds. The number of piperidine rings is 1. The zero-order valence-electron chi connectivity index (χ0n) is 15.9. The maximum Gasteiger partial charge on any atom is 0.264 e. The highest BCUT2D eigenvalue weighted by molar-refractivity contribution is 6.43. The van der Waals surface area contributed by atoms with Crippen LogP contribution in [0.15, 0.2) is 29.2 Å². The topological polar surface area (TPSA) is 79.9 Å². The molecule has 0 spiro atoms. The van der Waals surface area contributed by atoms with E-state index in [1.807, 2.05) is 12.1 Å². The van der Waals surface area contributed by atoms with Gasteiger partial charge in [0.25, 0.3) is 5.56 Å². The van der Waals surface area contributed by atoms with Gasteiger partial charge in [0.05, 0.1) is 15.4 Å². The summed E-state index contributed by atoms with van der Waals surface area (Å²) in [5.74, 6) is 0.669. The number of rotatable bonds is 3. The van der Waals surface area contributed by atoms with Gasteiger partial charge in [0.2, 0.25) is 5.95 Å². The number of fused-ring (bicyclic) bond motifs is 1. The van der Waals surface area contributed by atoms with Gasteiger partial charge in [-0.25, -0.2) is 0 Å². The van der Waals surface area contributed by atoms with E-state index in [0.29, 0.717) is 44.7 Å². The Morgan fingerprint density at radius 2 is 1.96 bits per heavy atom. The van der Waals surface area contributed by atoms with Crippen LogP contribution in [0.2, 0.25) is 10.0 Å². The lowest BCUT2D eigenvalue weighted by Gasteiger charge is -2.39. The van der Waals surface area contributed by atoms with Gasteiger partial charge in [-0.15, -0.1) is 0 Å². The first-order chi connectivity index (χ1) is 13.3. The van der Waals surface area contributed by atoms with Crippen LogP contribution in [0.4, 0.5) is 5.95 Å². The third kappa shape index (κ3) is 3.09. The van der Waals surface area contributed by atoms with Gasteiger partial charge >= 0.3 is 0 Å². The highest BCUT2D eigenvalue weighted by Crippen LogP contribution is 2.36. The van der Waals surface area contributed by atoms with E-state index in [2.05, 4.69) is 16.8 Å². The molecule has 0 radical (unpaired) electrons. The third-order valence-corrected chi connectivity index (χ3v) is 6.70. The molecule has 0 unspecified atom stereocenters. The maximum atomic E-state index is 13.2. The lowest BCUT2D eigenvalue weighted by Crippen LogP contribution is -2.44. The number of aromatic amines is 1. The maximum absolute atomic E-state index is 13.2. The van der Waals surface area contributed by atoms with E-state index in [0.717, 1.165) is 25.9 Å². The smallest absolute Gasteiger partial charge is 0.264 e. The Balaban J connectivity index is 1.79. The molecule has 148 valence electrons. The lowest BCUT2D eigenvalue weighted by molar-refractivity contribution is 0.256. The summed E-state index contributed by atoms with van der Waals surface area (Å²) >= 11 is 12.5. The van der Waals surface area contributed by atoms with Gasteiger partial charge in [-0.1, -0.05) is 42.3 Å². The van der Waals surface area contributed by atoms with Crippen LogP contribution >= 0.6 is 23.2 Å². The molecule has 1 aliphatic rings. The van der Waals surface area contributed by atoms with Gasteiger partial charge in [-0.2, -0.15) is 4.98 Å². The Bertz CT molecular complexity index is 1100. The Kier molecular flexibility index (Phi) is 4.89. The molecule has 6 nitrogen and oxygen atoms in total. The zero-order valence-corrected chi connectivity index (χ0v) is 17.4. The fourth-order valence-electron chi connectivity index (χ4n) is 3.81. The van der Waals surface area contributed by atoms with Crippen molar-refractivity contribution in [2.24, 2.45) is 18.2 Å². The number of hydrogen-bond donors (Lipinski definition) is 2. The SMILES string of the molecule is Cn1c(N2CCC(C)(CN)CC2)nc2[nH]cc(-c3cccc(Cl)c3Cl)c2c1=O. The Labute approximate surface area is 173 Å². The van der Waals surface area contributed by atoms with E-state index in [1.54, 1.807) is 23.9 Å². The molecule has 1 aromatic carbocycles. The van der Waals surface area contributed by atoms with Crippen LogP contribution in [-0.2, 0) is 7.05 Å². The van der Waals surface area contributed by atoms with Gasteiger partial charge in [0, 0.05) is 37.5 Å². The molecule has 8 heteroatoms. The number of benzene rings is 1. The van der Waals surface area contributed by atoms with Crippen molar-refractivity contribution in [3.05, 3.63) is 44.8 Å². The van der Waals surface area contributed by atoms with Crippen LogP contribution in [0.1, 0.15) is 19.8 Å². The van der Waals surface area contributed by atoms with Crippen LogP contribution in [0.5, 0.6) is 0 Å². The summed E-state index contributed by atoms with van der Waals surface area (Å²) < 4.78 is 1.61. The second-order valence-corrected chi connectivity index (χ2v) is 8.59. The van der Waals surface area contributed by atoms with Crippen molar-refractivity contribution in [3.63, 3.8) is 0 Å². The largest absolute Gasteiger partial charge is 0.345 e. The number of nitrogens with one attached hydrogen (secondary N) is 1. The van der Waals surface area contributed by atoms with E-state index >= 15 is 0 Å². The van der Waals surface area contributed by atoms with Crippen molar-refractivity contribution in [1.82, 2.24) is 14.5 Å². The summed E-state index contributed by atoms with van der Waals surface area (Å²) in [5.41, 5.74) is 7.93. The molecule has 1 saturated heterocycles. The van der Waals surface area contributed by atoms with Crippen LogP contribution in [0.25, 0.3) is 22.2 Å². The van der Waals surface area contributed by atoms with Gasteiger partial charge in [0.15, 0.2) is 0 Å². The summed E-state index contributed by atoms with van der Waals surface area (Å²) in [6.45, 7) is 4.54. The number of aromatic nitrogens is 3. The van der Waals surface area contributed by atoms with Crippen LogP contribution in [-0.4, -0.2) is 34.2 Å². The van der Waals surface area contributed by atoms with E-state index in [4.69, 9.17) is 33.9 Å². The van der Waals surface area contributed by atoms with Crippen LogP contribution in [0, 0.1) is 5.41 Å². The zero-order chi connectivity index (χ0) is 20.1. The molecule has 3 aromatic rings. The molecule has 0 saturated carbocycles. The fraction of sp³-hybridized carbons (Fsp3) is 0.400. The second kappa shape index (κ2) is 7.10. The summed E-state index contributed by atoms with van der Waals surface area (Å²) in [6.07, 6.45) is 3.72. The molecule has 3 N–H and O–H groups in total. The molecule has 1 fully saturated rings. The van der Waals surface area contributed by atoms with Crippen LogP contribution < -0.4 is 16.2 Å². The molecule has 3 heterocycles. The minimum absolute atomic E-state index is 0.112. The van der Waals surface area contributed by atoms with Gasteiger partial charge in [-0.05, 0) is 30.9 Å². The molecule has 2 aromatic heterocycles. The molecule has 0 atom stereocenters. The molecular formula is C20H23Cl2N5O. The first kappa shape index (κ1) is 19.3. The van der Waals surface area contributed by atoms with Crippen molar-refractivity contribution < 1.29 is 0 Å². The first-order valence-corrected chi connectivity index (χ1v) is 10.1. The minimum Gasteiger partial charge on any atom is -0.345 e. The number of H-pyrrole nitrogens is 1. The first-order valence-electron chi connectivity index (χ1n) is 9.32. The molecule has 0 bridgehead atoms. The monoisotopic (exact) mass is 419 g/mol. The van der Waals surface area contributed by atoms with Crippen molar-refractivity contribution in [2.75, 3.05) is 24.5 Å². The molecule has 0 aliphatic carbocycles. The van der Waals surface area contributed by atoms with E-state index in [1.165, 1.54) is 0 Å². The highest BCUT2D eigenvalue weighted by atomic mass is 35.5. The number of halogens is 2. The van der Waals surface area contributed by atoms with Gasteiger partial charge in [-0.3, -0.25) is 9.36 Å². The van der Waals surface area contributed by atoms with Gasteiger partial charge in [0.1, 0.15) is 5.65 Å². The number of nitrogens with zero attached hydrogens (tertiary/aromatic N) is 3. The Morgan fingerprint density at radius 1 is 1.25 bits per heavy atom. The summed E-state index contributed by atoms with van der Waals surface area (Å²) in [5, 5.41) is 1.39. The lowest BCUT2D eigenvalue weighted by atomic mass is 9.81. The predicted octanol–water partition coefficient (Wildman–Crippen LogP) is 3.80. The number of anilines is 1. The van der Waals surface area contributed by atoms with Crippen molar-refractivity contribution in [2.45, 2.75) is 19.8 Å². The average molecular weight is 420 g/mol. The van der Waals surface area contributed by atoms with Crippen molar-refractivity contribution >= 4 is 40.2 Å². The summed E-state index contributed by atoms with van der Waals surface area (Å²) in [6, 6.07) is 5.39. The fourth-order valence-corrected chi connectivity index (χ4v) is 4.21. The average Bonchev–Trinajstić information content (AvgIpc) is 3.11. The second-order valence-electron chi connectivity index (χ2n) is 7.81. The number of hydrogen-bond acceptors (Lipinski definition) is 4. The molecule has 28 heavy (non-hydrogen) atoms. The number of nitrogens with two attached hydrogens (primary N) is 1. The van der Waals surface area contributed by atoms with Crippen LogP contribution in [0.3, 0.4) is 0 Å². The molecule has 4 rings (SSSR count). The van der Waals surface area contributed by atoms with E-state index in [9.17, 15) is 4.79 Å². The normalized spacial score (nSPS) is 16.7. The van der Waals surface area contributed by atoms with E-state index < -0.39 is 0 Å². The predicted molar refractivity (Wildman–Crippen MR) is 115 cm³/mol. The minimum atomic E-state index is -0.112. The third-order valence-electron chi connectivity index (χ3n) is 5.88. The summed E-state index contributed by atoms with van der Waals surface area (Å²) in [7, 11) is 1.76. The quantitative estimate of drug-likeness (QED) is 0.676. The summed E-state index contributed by atoms with van der Waals surface area (Å²) in [4.78, 5) is 23.3. The van der Waals surface area contributed by atoms with E-state index in [-0.39, 0.29) is 11.0 Å². The Morgan fingerprint density at radius 3 is 2.64 bits per heavy atom. The highest BCUT2D eigenvalue weighted by Gasteiger charge is 2.30. The van der Waals surface area contributed by atoms with Gasteiger partial charge < -0.3 is 15.6 Å². The van der Waals surface area contributed by atoms with Crippen molar-refractivity contribution in [3.8, 4) is 11.1 Å². The standard InChI is InChI=1S/C20H23Cl2N5O/c1-20(11-23)6-8-27(9-7-20)19-25-17-15(18(28)26(19)2)13(10-24-17)12-4-3-5-14(21)16(12)22/h3-5,10,24H,6-9,11,23H2,1-2H3. The Hall–Kier alpha value is -2.02.